The van der Waals surface area contributed by atoms with E-state index in [2.05, 4.69) is 37.1 Å². The molecule has 3 aromatic rings. The Labute approximate surface area is 176 Å². The minimum absolute atomic E-state index is 0.298. The van der Waals surface area contributed by atoms with Crippen LogP contribution in [0.2, 0.25) is 0 Å². The van der Waals surface area contributed by atoms with Gasteiger partial charge >= 0.3 is 0 Å². The van der Waals surface area contributed by atoms with E-state index in [0.717, 1.165) is 55.5 Å². The second-order valence-electron chi connectivity index (χ2n) is 7.47. The number of aryl methyl sites for hydroxylation is 1. The fourth-order valence-electron chi connectivity index (χ4n) is 3.70. The van der Waals surface area contributed by atoms with Gasteiger partial charge in [-0.1, -0.05) is 11.2 Å². The van der Waals surface area contributed by atoms with Gasteiger partial charge in [-0.05, 0) is 57.5 Å². The van der Waals surface area contributed by atoms with Gasteiger partial charge in [0.15, 0.2) is 17.3 Å². The van der Waals surface area contributed by atoms with Gasteiger partial charge in [-0.15, -0.1) is 0 Å². The lowest BCUT2D eigenvalue weighted by Gasteiger charge is -2.30. The first-order valence-electron chi connectivity index (χ1n) is 10.3. The molecule has 0 bridgehead atoms. The maximum Gasteiger partial charge on any atom is 0.278 e. The SMILES string of the molecule is CCOc1cc(CN2CCC(c3noc(-c4cnc(C)cn4)n3)CC2)ccc1OC. The van der Waals surface area contributed by atoms with Crippen LogP contribution in [0, 0.1) is 6.92 Å². The van der Waals surface area contributed by atoms with Crippen LogP contribution in [0.1, 0.15) is 42.8 Å². The van der Waals surface area contributed by atoms with Crippen LogP contribution in [0.15, 0.2) is 35.1 Å². The van der Waals surface area contributed by atoms with Crippen LogP contribution in [0.3, 0.4) is 0 Å². The summed E-state index contributed by atoms with van der Waals surface area (Å²) in [5.41, 5.74) is 2.69. The average Bonchev–Trinajstić information content (AvgIpc) is 3.26. The van der Waals surface area contributed by atoms with Crippen molar-refractivity contribution in [3.63, 3.8) is 0 Å². The van der Waals surface area contributed by atoms with E-state index in [0.29, 0.717) is 24.1 Å². The number of aromatic nitrogens is 4. The third kappa shape index (κ3) is 4.59. The van der Waals surface area contributed by atoms with Crippen LogP contribution in [0.5, 0.6) is 11.5 Å². The van der Waals surface area contributed by atoms with Crippen LogP contribution in [-0.2, 0) is 6.54 Å². The summed E-state index contributed by atoms with van der Waals surface area (Å²) in [6.07, 6.45) is 5.36. The summed E-state index contributed by atoms with van der Waals surface area (Å²) in [5.74, 6) is 3.06. The monoisotopic (exact) mass is 409 g/mol. The largest absolute Gasteiger partial charge is 0.493 e. The van der Waals surface area contributed by atoms with Crippen molar-refractivity contribution in [2.45, 2.75) is 39.2 Å². The van der Waals surface area contributed by atoms with E-state index in [1.54, 1.807) is 19.5 Å². The Balaban J connectivity index is 1.35. The molecule has 158 valence electrons. The fourth-order valence-corrected chi connectivity index (χ4v) is 3.70. The molecule has 1 aliphatic rings. The minimum atomic E-state index is 0.298. The van der Waals surface area contributed by atoms with Crippen molar-refractivity contribution in [1.29, 1.82) is 0 Å². The Morgan fingerprint density at radius 3 is 2.67 bits per heavy atom. The molecule has 4 rings (SSSR count). The topological polar surface area (TPSA) is 86.4 Å². The first-order valence-corrected chi connectivity index (χ1v) is 10.3. The molecule has 0 unspecified atom stereocenters. The molecule has 0 saturated carbocycles. The lowest BCUT2D eigenvalue weighted by Crippen LogP contribution is -2.32. The summed E-state index contributed by atoms with van der Waals surface area (Å²) >= 11 is 0. The molecule has 8 nitrogen and oxygen atoms in total. The van der Waals surface area contributed by atoms with Gasteiger partial charge in [-0.2, -0.15) is 4.98 Å². The average molecular weight is 409 g/mol. The van der Waals surface area contributed by atoms with E-state index in [-0.39, 0.29) is 0 Å². The number of nitrogens with zero attached hydrogens (tertiary/aromatic N) is 5. The predicted octanol–water partition coefficient (Wildman–Crippen LogP) is 3.62. The summed E-state index contributed by atoms with van der Waals surface area (Å²) in [6, 6.07) is 6.14. The van der Waals surface area contributed by atoms with Crippen molar-refractivity contribution in [2.24, 2.45) is 0 Å². The Kier molecular flexibility index (Phi) is 6.23. The molecule has 0 atom stereocenters. The van der Waals surface area contributed by atoms with Crippen LogP contribution in [-0.4, -0.2) is 51.8 Å². The second-order valence-corrected chi connectivity index (χ2v) is 7.47. The molecule has 0 spiro atoms. The van der Waals surface area contributed by atoms with Crippen molar-refractivity contribution in [3.8, 4) is 23.1 Å². The van der Waals surface area contributed by atoms with Gasteiger partial charge in [-0.25, -0.2) is 4.98 Å². The van der Waals surface area contributed by atoms with Gasteiger partial charge in [0.25, 0.3) is 5.89 Å². The molecule has 0 aliphatic carbocycles. The van der Waals surface area contributed by atoms with Crippen LogP contribution < -0.4 is 9.47 Å². The summed E-state index contributed by atoms with van der Waals surface area (Å²) < 4.78 is 16.5. The standard InChI is InChI=1S/C22H27N5O3/c1-4-29-20-11-16(5-6-19(20)28-3)14-27-9-7-17(8-10-27)21-25-22(30-26-21)18-13-23-15(2)12-24-18/h5-6,11-13,17H,4,7-10,14H2,1-3H3. The smallest absolute Gasteiger partial charge is 0.278 e. The molecule has 1 aliphatic heterocycles. The Hall–Kier alpha value is -3.00. The first-order chi connectivity index (χ1) is 14.7. The van der Waals surface area contributed by atoms with Crippen molar-refractivity contribution < 1.29 is 14.0 Å². The highest BCUT2D eigenvalue weighted by Gasteiger charge is 2.25. The Morgan fingerprint density at radius 2 is 1.97 bits per heavy atom. The summed E-state index contributed by atoms with van der Waals surface area (Å²) in [5, 5.41) is 4.20. The number of benzene rings is 1. The van der Waals surface area contributed by atoms with E-state index >= 15 is 0 Å². The molecular weight excluding hydrogens is 382 g/mol. The summed E-state index contributed by atoms with van der Waals surface area (Å²) in [4.78, 5) is 15.6. The van der Waals surface area contributed by atoms with Crippen LogP contribution in [0.25, 0.3) is 11.6 Å². The first kappa shape index (κ1) is 20.3. The van der Waals surface area contributed by atoms with Gasteiger partial charge in [0.05, 0.1) is 25.6 Å². The number of rotatable bonds is 7. The zero-order valence-electron chi connectivity index (χ0n) is 17.7. The minimum Gasteiger partial charge on any atom is -0.493 e. The van der Waals surface area contributed by atoms with E-state index < -0.39 is 0 Å². The number of likely N-dealkylation sites (tertiary alicyclic amines) is 1. The van der Waals surface area contributed by atoms with Gasteiger partial charge < -0.3 is 14.0 Å². The zero-order chi connectivity index (χ0) is 20.9. The van der Waals surface area contributed by atoms with E-state index in [4.69, 9.17) is 14.0 Å². The lowest BCUT2D eigenvalue weighted by atomic mass is 9.96. The summed E-state index contributed by atoms with van der Waals surface area (Å²) in [6.45, 7) is 7.34. The number of ether oxygens (including phenoxy) is 2. The number of hydrogen-bond donors (Lipinski definition) is 0. The maximum absolute atomic E-state index is 5.70. The van der Waals surface area contributed by atoms with E-state index in [1.165, 1.54) is 5.56 Å². The molecule has 1 aromatic carbocycles. The molecule has 0 amide bonds. The van der Waals surface area contributed by atoms with Crippen molar-refractivity contribution in [3.05, 3.63) is 47.7 Å². The molecule has 0 N–H and O–H groups in total. The van der Waals surface area contributed by atoms with Crippen LogP contribution >= 0.6 is 0 Å². The van der Waals surface area contributed by atoms with Crippen LogP contribution in [0.4, 0.5) is 0 Å². The highest BCUT2D eigenvalue weighted by Crippen LogP contribution is 2.31. The predicted molar refractivity (Wildman–Crippen MR) is 111 cm³/mol. The molecule has 3 heterocycles. The number of hydrogen-bond acceptors (Lipinski definition) is 8. The molecular formula is C22H27N5O3. The molecule has 8 heteroatoms. The number of methoxy groups -OCH3 is 1. The van der Waals surface area contributed by atoms with Gasteiger partial charge in [0, 0.05) is 18.7 Å². The highest BCUT2D eigenvalue weighted by atomic mass is 16.5. The van der Waals surface area contributed by atoms with E-state index in [1.807, 2.05) is 19.9 Å². The third-order valence-corrected chi connectivity index (χ3v) is 5.33. The maximum atomic E-state index is 5.70. The molecule has 1 saturated heterocycles. The quantitative estimate of drug-likeness (QED) is 0.585. The third-order valence-electron chi connectivity index (χ3n) is 5.33. The van der Waals surface area contributed by atoms with Gasteiger partial charge in [-0.3, -0.25) is 9.88 Å². The molecule has 0 radical (unpaired) electrons. The van der Waals surface area contributed by atoms with Crippen molar-refractivity contribution in [2.75, 3.05) is 26.8 Å². The fraction of sp³-hybridized carbons (Fsp3) is 0.455. The summed E-state index contributed by atoms with van der Waals surface area (Å²) in [7, 11) is 1.66. The lowest BCUT2D eigenvalue weighted by molar-refractivity contribution is 0.200. The van der Waals surface area contributed by atoms with Crippen molar-refractivity contribution >= 4 is 0 Å². The second kappa shape index (κ2) is 9.21. The Morgan fingerprint density at radius 1 is 1.13 bits per heavy atom. The van der Waals surface area contributed by atoms with E-state index in [9.17, 15) is 0 Å². The highest BCUT2D eigenvalue weighted by molar-refractivity contribution is 5.44. The molecule has 30 heavy (non-hydrogen) atoms. The van der Waals surface area contributed by atoms with Crippen molar-refractivity contribution in [1.82, 2.24) is 25.0 Å². The number of piperidine rings is 1. The van der Waals surface area contributed by atoms with Gasteiger partial charge in [0.1, 0.15) is 5.69 Å². The Bertz CT molecular complexity index is 965. The molecule has 1 fully saturated rings. The van der Waals surface area contributed by atoms with Gasteiger partial charge in [0.2, 0.25) is 0 Å². The zero-order valence-corrected chi connectivity index (χ0v) is 17.7. The molecule has 2 aromatic heterocycles. The normalized spacial score (nSPS) is 15.3.